The highest BCUT2D eigenvalue weighted by atomic mass is 35.5. The maximum absolute atomic E-state index is 11.1. The van der Waals surface area contributed by atoms with Gasteiger partial charge in [0, 0.05) is 5.02 Å². The van der Waals surface area contributed by atoms with Gasteiger partial charge in [-0.15, -0.1) is 0 Å². The summed E-state index contributed by atoms with van der Waals surface area (Å²) in [6, 6.07) is 3.63. The minimum absolute atomic E-state index is 0.428. The van der Waals surface area contributed by atoms with E-state index >= 15 is 0 Å². The van der Waals surface area contributed by atoms with Gasteiger partial charge in [-0.3, -0.25) is 4.79 Å². The lowest BCUT2D eigenvalue weighted by Crippen LogP contribution is -2.13. The van der Waals surface area contributed by atoms with Crippen molar-refractivity contribution >= 4 is 17.6 Å². The summed E-state index contributed by atoms with van der Waals surface area (Å²) in [5, 5.41) is 9.77. The van der Waals surface area contributed by atoms with Crippen LogP contribution in [0, 0.1) is 13.8 Å². The summed E-state index contributed by atoms with van der Waals surface area (Å²) in [5.74, 6) is -1.20. The van der Waals surface area contributed by atoms with Crippen LogP contribution in [0.2, 0.25) is 5.02 Å². The third kappa shape index (κ3) is 2.51. The van der Waals surface area contributed by atoms with E-state index in [2.05, 4.69) is 0 Å². The molecule has 0 saturated heterocycles. The van der Waals surface area contributed by atoms with Gasteiger partial charge in [0.2, 0.25) is 0 Å². The Morgan fingerprint density at radius 2 is 1.87 bits per heavy atom. The molecule has 0 saturated carbocycles. The first-order chi connectivity index (χ1) is 6.97. The number of carboxylic acids is 1. The number of hydrogen-bond acceptors (Lipinski definition) is 1. The predicted molar refractivity (Wildman–Crippen MR) is 61.6 cm³/mol. The molecule has 0 heterocycles. The number of hydrogen-bond donors (Lipinski definition) is 1. The number of aryl methyl sites for hydroxylation is 2. The van der Waals surface area contributed by atoms with Crippen LogP contribution in [0.15, 0.2) is 12.1 Å². The van der Waals surface area contributed by atoms with Crippen molar-refractivity contribution in [3.05, 3.63) is 33.8 Å². The van der Waals surface area contributed by atoms with Crippen LogP contribution < -0.4 is 0 Å². The molecule has 0 bridgehead atoms. The Kier molecular flexibility index (Phi) is 3.75. The van der Waals surface area contributed by atoms with Gasteiger partial charge in [0.15, 0.2) is 0 Å². The second-order valence-corrected chi connectivity index (χ2v) is 4.19. The van der Waals surface area contributed by atoms with Crippen LogP contribution in [0.25, 0.3) is 0 Å². The summed E-state index contributed by atoms with van der Waals surface area (Å²) in [7, 11) is 0. The van der Waals surface area contributed by atoms with Crippen molar-refractivity contribution in [2.75, 3.05) is 0 Å². The Hall–Kier alpha value is -1.02. The fourth-order valence-corrected chi connectivity index (χ4v) is 2.30. The van der Waals surface area contributed by atoms with Crippen LogP contribution in [0.4, 0.5) is 0 Å². The highest BCUT2D eigenvalue weighted by molar-refractivity contribution is 6.30. The van der Waals surface area contributed by atoms with Crippen LogP contribution >= 0.6 is 11.6 Å². The molecule has 0 aromatic heterocycles. The Bertz CT molecular complexity index is 362. The molecule has 3 heteroatoms. The lowest BCUT2D eigenvalue weighted by molar-refractivity contribution is -0.138. The molecule has 82 valence electrons. The molecule has 0 spiro atoms. The van der Waals surface area contributed by atoms with E-state index in [0.29, 0.717) is 11.4 Å². The van der Waals surface area contributed by atoms with Gasteiger partial charge >= 0.3 is 5.97 Å². The van der Waals surface area contributed by atoms with Gasteiger partial charge in [-0.2, -0.15) is 0 Å². The van der Waals surface area contributed by atoms with Gasteiger partial charge in [0.05, 0.1) is 5.92 Å². The lowest BCUT2D eigenvalue weighted by Gasteiger charge is -2.16. The Balaban J connectivity index is 3.29. The molecule has 15 heavy (non-hydrogen) atoms. The first kappa shape index (κ1) is 12.1. The van der Waals surface area contributed by atoms with Gasteiger partial charge in [-0.25, -0.2) is 0 Å². The normalized spacial score (nSPS) is 12.5. The first-order valence-corrected chi connectivity index (χ1v) is 5.34. The SMILES string of the molecule is CCC(C(=O)O)c1c(C)cc(Cl)cc1C. The van der Waals surface area contributed by atoms with Crippen LogP contribution in [0.3, 0.4) is 0 Å². The summed E-state index contributed by atoms with van der Waals surface area (Å²) in [5.41, 5.74) is 2.80. The summed E-state index contributed by atoms with van der Waals surface area (Å²) in [6.07, 6.45) is 0.596. The van der Waals surface area contributed by atoms with E-state index in [0.717, 1.165) is 16.7 Å². The maximum atomic E-state index is 11.1. The highest BCUT2D eigenvalue weighted by Gasteiger charge is 2.21. The fourth-order valence-electron chi connectivity index (χ4n) is 1.97. The van der Waals surface area contributed by atoms with Crippen molar-refractivity contribution in [3.8, 4) is 0 Å². The van der Waals surface area contributed by atoms with Crippen LogP contribution in [0.5, 0.6) is 0 Å². The van der Waals surface area contributed by atoms with Crippen LogP contribution in [-0.4, -0.2) is 11.1 Å². The van der Waals surface area contributed by atoms with Crippen molar-refractivity contribution in [2.45, 2.75) is 33.1 Å². The maximum Gasteiger partial charge on any atom is 0.310 e. The largest absolute Gasteiger partial charge is 0.481 e. The average molecular weight is 227 g/mol. The molecule has 1 atom stereocenters. The van der Waals surface area contributed by atoms with E-state index in [1.807, 2.05) is 32.9 Å². The Morgan fingerprint density at radius 1 is 1.40 bits per heavy atom. The number of halogens is 1. The zero-order valence-electron chi connectivity index (χ0n) is 9.17. The van der Waals surface area contributed by atoms with Crippen LogP contribution in [0.1, 0.15) is 36.0 Å². The number of aliphatic carboxylic acids is 1. The van der Waals surface area contributed by atoms with E-state index < -0.39 is 11.9 Å². The van der Waals surface area contributed by atoms with Gasteiger partial charge in [0.25, 0.3) is 0 Å². The molecule has 0 fully saturated rings. The Labute approximate surface area is 94.9 Å². The van der Waals surface area contributed by atoms with Gasteiger partial charge in [-0.05, 0) is 49.1 Å². The third-order valence-corrected chi connectivity index (χ3v) is 2.83. The molecular formula is C12H15ClO2. The molecule has 0 aliphatic carbocycles. The Morgan fingerprint density at radius 3 is 2.20 bits per heavy atom. The molecule has 0 amide bonds. The molecule has 1 unspecified atom stereocenters. The van der Waals surface area contributed by atoms with Gasteiger partial charge < -0.3 is 5.11 Å². The zero-order chi connectivity index (χ0) is 11.6. The minimum atomic E-state index is -0.772. The molecule has 0 aliphatic rings. The summed E-state index contributed by atoms with van der Waals surface area (Å²) >= 11 is 5.90. The number of carboxylic acid groups (broad SMARTS) is 1. The monoisotopic (exact) mass is 226 g/mol. The lowest BCUT2D eigenvalue weighted by atomic mass is 9.89. The second kappa shape index (κ2) is 4.67. The van der Waals surface area contributed by atoms with Crippen molar-refractivity contribution in [1.82, 2.24) is 0 Å². The topological polar surface area (TPSA) is 37.3 Å². The van der Waals surface area contributed by atoms with Crippen molar-refractivity contribution in [1.29, 1.82) is 0 Å². The molecule has 1 aromatic carbocycles. The van der Waals surface area contributed by atoms with Crippen molar-refractivity contribution in [2.24, 2.45) is 0 Å². The van der Waals surface area contributed by atoms with E-state index in [-0.39, 0.29) is 0 Å². The second-order valence-electron chi connectivity index (χ2n) is 3.75. The van der Waals surface area contributed by atoms with Crippen molar-refractivity contribution in [3.63, 3.8) is 0 Å². The van der Waals surface area contributed by atoms with Crippen LogP contribution in [-0.2, 0) is 4.79 Å². The molecule has 1 aromatic rings. The molecule has 1 N–H and O–H groups in total. The molecule has 0 radical (unpaired) electrons. The van der Waals surface area contributed by atoms with Gasteiger partial charge in [0.1, 0.15) is 0 Å². The number of benzene rings is 1. The van der Waals surface area contributed by atoms with E-state index in [1.54, 1.807) is 0 Å². The fraction of sp³-hybridized carbons (Fsp3) is 0.417. The minimum Gasteiger partial charge on any atom is -0.481 e. The highest BCUT2D eigenvalue weighted by Crippen LogP contribution is 2.29. The van der Waals surface area contributed by atoms with E-state index in [9.17, 15) is 4.79 Å². The standard InChI is InChI=1S/C12H15ClO2/c1-4-10(12(14)15)11-7(2)5-9(13)6-8(11)3/h5-6,10H,4H2,1-3H3,(H,14,15). The third-order valence-electron chi connectivity index (χ3n) is 2.61. The number of carbonyl (C=O) groups is 1. The summed E-state index contributed by atoms with van der Waals surface area (Å²) < 4.78 is 0. The summed E-state index contributed by atoms with van der Waals surface area (Å²) in [4.78, 5) is 11.1. The average Bonchev–Trinajstić information content (AvgIpc) is 2.09. The zero-order valence-corrected chi connectivity index (χ0v) is 9.93. The smallest absolute Gasteiger partial charge is 0.310 e. The van der Waals surface area contributed by atoms with Crippen molar-refractivity contribution < 1.29 is 9.90 Å². The molecule has 0 aliphatic heterocycles. The summed E-state index contributed by atoms with van der Waals surface area (Å²) in [6.45, 7) is 5.69. The quantitative estimate of drug-likeness (QED) is 0.856. The predicted octanol–water partition coefficient (Wildman–Crippen LogP) is 3.54. The van der Waals surface area contributed by atoms with E-state index in [1.165, 1.54) is 0 Å². The number of rotatable bonds is 3. The van der Waals surface area contributed by atoms with Gasteiger partial charge in [-0.1, -0.05) is 18.5 Å². The first-order valence-electron chi connectivity index (χ1n) is 4.96. The van der Waals surface area contributed by atoms with E-state index in [4.69, 9.17) is 16.7 Å². The molecule has 2 nitrogen and oxygen atoms in total. The molecule has 1 rings (SSSR count). The molecular weight excluding hydrogens is 212 g/mol.